The van der Waals surface area contributed by atoms with E-state index in [-0.39, 0.29) is 35.3 Å². The molecule has 326 valence electrons. The molecule has 10 atom stereocenters. The summed E-state index contributed by atoms with van der Waals surface area (Å²) in [6.45, 7) is 18.9. The van der Waals surface area contributed by atoms with Gasteiger partial charge >= 0.3 is 11.9 Å². The Morgan fingerprint density at radius 2 is 1.47 bits per heavy atom. The zero-order valence-electron chi connectivity index (χ0n) is 36.6. The number of fused-ring (bicyclic) bond motifs is 5. The molecule has 6 rings (SSSR count). The number of hydrogen-bond donors (Lipinski definition) is 0. The van der Waals surface area contributed by atoms with Crippen molar-refractivity contribution >= 4 is 125 Å². The molecule has 0 aliphatic heterocycles. The van der Waals surface area contributed by atoms with Gasteiger partial charge < -0.3 is 9.47 Å². The van der Waals surface area contributed by atoms with Crippen LogP contribution in [0.4, 0.5) is 0 Å². The van der Waals surface area contributed by atoms with Gasteiger partial charge in [-0.3, -0.25) is 9.59 Å². The minimum atomic E-state index is -0.257. The molecular formula is C50H67I5O4. The van der Waals surface area contributed by atoms with Crippen molar-refractivity contribution in [3.63, 3.8) is 0 Å². The Labute approximate surface area is 425 Å². The van der Waals surface area contributed by atoms with Gasteiger partial charge in [-0.1, -0.05) is 79.4 Å². The highest BCUT2D eigenvalue weighted by atomic mass is 127. The van der Waals surface area contributed by atoms with Crippen LogP contribution in [-0.2, 0) is 27.2 Å². The number of carbonyl (C=O) groups excluding carboxylic acids is 2. The lowest BCUT2D eigenvalue weighted by atomic mass is 9.47. The van der Waals surface area contributed by atoms with Crippen LogP contribution in [0.2, 0.25) is 0 Å². The van der Waals surface area contributed by atoms with E-state index in [0.29, 0.717) is 36.8 Å². The van der Waals surface area contributed by atoms with Crippen LogP contribution in [0.25, 0.3) is 0 Å². The molecule has 2 unspecified atom stereocenters. The first-order chi connectivity index (χ1) is 27.9. The fourth-order valence-electron chi connectivity index (χ4n) is 12.4. The molecule has 2 aromatic carbocycles. The first-order valence-corrected chi connectivity index (χ1v) is 28.0. The highest BCUT2D eigenvalue weighted by Crippen LogP contribution is 2.67. The van der Waals surface area contributed by atoms with Gasteiger partial charge in [0.05, 0.1) is 19.0 Å². The van der Waals surface area contributed by atoms with Crippen LogP contribution in [0.15, 0.2) is 29.8 Å². The molecule has 4 aliphatic rings. The van der Waals surface area contributed by atoms with Gasteiger partial charge in [0.2, 0.25) is 0 Å². The first-order valence-electron chi connectivity index (χ1n) is 22.6. The van der Waals surface area contributed by atoms with Gasteiger partial charge in [0.1, 0.15) is 6.10 Å². The molecule has 0 spiro atoms. The second-order valence-electron chi connectivity index (χ2n) is 19.8. The second kappa shape index (κ2) is 20.9. The van der Waals surface area contributed by atoms with Crippen molar-refractivity contribution in [1.29, 1.82) is 0 Å². The molecule has 0 radical (unpaired) electrons. The predicted octanol–water partition coefficient (Wildman–Crippen LogP) is 15.7. The van der Waals surface area contributed by atoms with Crippen LogP contribution in [0.1, 0.15) is 149 Å². The summed E-state index contributed by atoms with van der Waals surface area (Å²) in [6.07, 6.45) is 19.1. The highest BCUT2D eigenvalue weighted by Gasteiger charge is 2.59. The molecule has 4 nitrogen and oxygen atoms in total. The highest BCUT2D eigenvalue weighted by molar-refractivity contribution is 14.1. The third kappa shape index (κ3) is 10.7. The molecule has 0 heterocycles. The Kier molecular flexibility index (Phi) is 17.5. The molecule has 0 aromatic heterocycles. The molecule has 0 bridgehead atoms. The number of esters is 2. The molecule has 3 saturated carbocycles. The fraction of sp³-hybridized carbons (Fsp3) is 0.680. The summed E-state index contributed by atoms with van der Waals surface area (Å²) >= 11 is 11.7. The number of hydrogen-bond acceptors (Lipinski definition) is 4. The maximum atomic E-state index is 14.1. The van der Waals surface area contributed by atoms with E-state index in [1.54, 1.807) is 5.57 Å². The lowest BCUT2D eigenvalue weighted by Gasteiger charge is -2.58. The van der Waals surface area contributed by atoms with E-state index in [1.807, 2.05) is 0 Å². The predicted molar refractivity (Wildman–Crippen MR) is 285 cm³/mol. The summed E-state index contributed by atoms with van der Waals surface area (Å²) in [4.78, 5) is 27.8. The third-order valence-corrected chi connectivity index (χ3v) is 20.4. The van der Waals surface area contributed by atoms with Gasteiger partial charge in [-0.25, -0.2) is 0 Å². The molecule has 2 aromatic rings. The third-order valence-electron chi connectivity index (χ3n) is 15.9. The van der Waals surface area contributed by atoms with Crippen molar-refractivity contribution in [2.75, 3.05) is 0 Å². The van der Waals surface area contributed by atoms with Gasteiger partial charge in [-0.2, -0.15) is 0 Å². The van der Waals surface area contributed by atoms with Gasteiger partial charge in [0, 0.05) is 17.1 Å². The van der Waals surface area contributed by atoms with E-state index in [0.717, 1.165) is 71.0 Å². The number of carbonyl (C=O) groups is 2. The number of ether oxygens (including phenoxy) is 2. The zero-order chi connectivity index (χ0) is 43.0. The summed E-state index contributed by atoms with van der Waals surface area (Å²) < 4.78 is 18.1. The lowest BCUT2D eigenvalue weighted by Crippen LogP contribution is -2.51. The first kappa shape index (κ1) is 49.2. The van der Waals surface area contributed by atoms with Crippen LogP contribution < -0.4 is 4.74 Å². The zero-order valence-corrected chi connectivity index (χ0v) is 47.4. The van der Waals surface area contributed by atoms with Crippen molar-refractivity contribution < 1.29 is 19.1 Å². The Morgan fingerprint density at radius 3 is 2.15 bits per heavy atom. The normalized spacial score (nSPS) is 29.2. The molecule has 9 heteroatoms. The van der Waals surface area contributed by atoms with E-state index in [4.69, 9.17) is 9.47 Å². The summed E-state index contributed by atoms with van der Waals surface area (Å²) in [6, 6.07) is 6.44. The van der Waals surface area contributed by atoms with Crippen molar-refractivity contribution in [2.24, 2.45) is 58.2 Å². The molecule has 59 heavy (non-hydrogen) atoms. The Hall–Kier alpha value is 0.770. The van der Waals surface area contributed by atoms with E-state index in [9.17, 15) is 9.59 Å². The molecule has 3 fully saturated rings. The summed E-state index contributed by atoms with van der Waals surface area (Å²) in [5.41, 5.74) is 5.79. The van der Waals surface area contributed by atoms with Gasteiger partial charge in [-0.15, -0.1) is 0 Å². The van der Waals surface area contributed by atoms with Crippen LogP contribution in [-0.4, -0.2) is 18.0 Å². The Balaban J connectivity index is 1.09. The fourth-order valence-corrected chi connectivity index (χ4v) is 18.7. The van der Waals surface area contributed by atoms with E-state index < -0.39 is 0 Å². The van der Waals surface area contributed by atoms with Gasteiger partial charge in [0.25, 0.3) is 0 Å². The largest absolute Gasteiger partial charge is 0.462 e. The average molecular weight is 1370 g/mol. The van der Waals surface area contributed by atoms with Crippen LogP contribution >= 0.6 is 113 Å². The molecule has 0 saturated heterocycles. The number of aryl methyl sites for hydroxylation is 1. The van der Waals surface area contributed by atoms with Gasteiger partial charge in [0.15, 0.2) is 5.75 Å². The smallest absolute Gasteiger partial charge is 0.314 e. The standard InChI is InChI=1S/C50H67I5O4/c1-9-31(23-37-30(6)22-34(51)26-42(37)52)48(57)59-46-44(54)27-43(53)38(45(46)55)24-32(10-2)47(56)58-35-18-20-49(7)33(25-35)14-15-36-40-17-16-39(29(5)13-11-12-28(3)4)50(40,8)21-19-41(36)49/h14,22,26-29,31-32,35-36,39-41H,9-13,15-21,23-25H2,1-8H3/t29-,31?,32?,35+,36+,39-,40+,41+,49+,50-/m1/s1. The number of rotatable bonds is 15. The maximum Gasteiger partial charge on any atom is 0.314 e. The average Bonchev–Trinajstić information content (AvgIpc) is 3.53. The lowest BCUT2D eigenvalue weighted by molar-refractivity contribution is -0.156. The van der Waals surface area contributed by atoms with Crippen molar-refractivity contribution in [1.82, 2.24) is 0 Å². The maximum absolute atomic E-state index is 14.1. The van der Waals surface area contributed by atoms with Crippen molar-refractivity contribution in [2.45, 2.75) is 158 Å². The quantitative estimate of drug-likeness (QED) is 0.0772. The summed E-state index contributed by atoms with van der Waals surface area (Å²) in [5, 5.41) is 0. The summed E-state index contributed by atoms with van der Waals surface area (Å²) in [5.74, 6) is 4.77. The Morgan fingerprint density at radius 1 is 0.797 bits per heavy atom. The topological polar surface area (TPSA) is 52.6 Å². The Bertz CT molecular complexity index is 1870. The number of benzene rings is 2. The SMILES string of the molecule is CCC(Cc1c(C)cc(I)cc1I)C(=O)Oc1c(I)cc(I)c(CC(CC)C(=O)O[C@H]2CC[C@@]3(C)C(=CC[C@H]4[C@@H]5CC[C@H]([C@H](C)CCCC(C)C)[C@@]5(C)CC[C@@H]43)C2)c1I. The number of halogens is 5. The molecular weight excluding hydrogens is 1300 g/mol. The van der Waals surface area contributed by atoms with Crippen molar-refractivity contribution in [3.8, 4) is 5.75 Å². The molecule has 0 N–H and O–H groups in total. The van der Waals surface area contributed by atoms with E-state index in [2.05, 4.69) is 193 Å². The van der Waals surface area contributed by atoms with E-state index in [1.165, 1.54) is 69.6 Å². The monoisotopic (exact) mass is 1370 g/mol. The summed E-state index contributed by atoms with van der Waals surface area (Å²) in [7, 11) is 0. The van der Waals surface area contributed by atoms with E-state index >= 15 is 0 Å². The second-order valence-corrected chi connectivity index (χ2v) is 25.6. The number of allylic oxidation sites excluding steroid dienone is 1. The van der Waals surface area contributed by atoms with Crippen molar-refractivity contribution in [3.05, 3.63) is 64.4 Å². The van der Waals surface area contributed by atoms with Crippen LogP contribution in [0, 0.1) is 82.9 Å². The van der Waals surface area contributed by atoms with Crippen LogP contribution in [0.5, 0.6) is 5.75 Å². The molecule has 0 amide bonds. The minimum absolute atomic E-state index is 0.0547. The molecule has 4 aliphatic carbocycles. The van der Waals surface area contributed by atoms with Crippen LogP contribution in [0.3, 0.4) is 0 Å². The minimum Gasteiger partial charge on any atom is -0.462 e. The van der Waals surface area contributed by atoms with Gasteiger partial charge in [-0.05, 0) is 272 Å².